The maximum absolute atomic E-state index is 12.3. The molecule has 7 nitrogen and oxygen atoms in total. The van der Waals surface area contributed by atoms with Crippen LogP contribution in [0.4, 0.5) is 0 Å². The van der Waals surface area contributed by atoms with E-state index in [4.69, 9.17) is 0 Å². The Kier molecular flexibility index (Phi) is 6.33. The molecular formula is C19H28N6O. The van der Waals surface area contributed by atoms with Crippen molar-refractivity contribution in [3.63, 3.8) is 0 Å². The van der Waals surface area contributed by atoms with Crippen LogP contribution in [-0.4, -0.2) is 56.7 Å². The molecule has 2 heterocycles. The Balaban J connectivity index is 1.39. The molecule has 1 aromatic carbocycles. The molecule has 1 N–H and O–H groups in total. The third-order valence-corrected chi connectivity index (χ3v) is 4.88. The van der Waals surface area contributed by atoms with E-state index >= 15 is 0 Å². The summed E-state index contributed by atoms with van der Waals surface area (Å²) in [6.07, 6.45) is 3.06. The van der Waals surface area contributed by atoms with Crippen molar-refractivity contribution >= 4 is 5.91 Å². The van der Waals surface area contributed by atoms with E-state index in [-0.39, 0.29) is 24.4 Å². The number of nitrogens with zero attached hydrogens (tertiary/aromatic N) is 5. The largest absolute Gasteiger partial charge is 0.352 e. The average Bonchev–Trinajstić information content (AvgIpc) is 3.10. The van der Waals surface area contributed by atoms with Crippen molar-refractivity contribution in [3.8, 4) is 0 Å². The van der Waals surface area contributed by atoms with Gasteiger partial charge in [0.05, 0.1) is 0 Å². The maximum atomic E-state index is 12.3. The first kappa shape index (κ1) is 18.5. The summed E-state index contributed by atoms with van der Waals surface area (Å²) in [5.41, 5.74) is 1.38. The van der Waals surface area contributed by atoms with Gasteiger partial charge in [-0.2, -0.15) is 0 Å². The zero-order chi connectivity index (χ0) is 18.4. The number of carbonyl (C=O) groups excluding carboxylic acids is 1. The second-order valence-corrected chi connectivity index (χ2v) is 7.27. The first-order valence-electron chi connectivity index (χ1n) is 9.43. The highest BCUT2D eigenvalue weighted by Crippen LogP contribution is 2.12. The van der Waals surface area contributed by atoms with Crippen LogP contribution in [0.3, 0.4) is 0 Å². The van der Waals surface area contributed by atoms with E-state index in [2.05, 4.69) is 56.1 Å². The number of hydrogen-bond donors (Lipinski definition) is 1. The lowest BCUT2D eigenvalue weighted by Crippen LogP contribution is -2.46. The van der Waals surface area contributed by atoms with Gasteiger partial charge >= 0.3 is 0 Å². The molecule has 3 rings (SSSR count). The molecule has 1 aliphatic rings. The van der Waals surface area contributed by atoms with Crippen molar-refractivity contribution < 1.29 is 4.79 Å². The van der Waals surface area contributed by atoms with Crippen molar-refractivity contribution in [2.24, 2.45) is 0 Å². The number of piperidine rings is 1. The van der Waals surface area contributed by atoms with Gasteiger partial charge in [-0.1, -0.05) is 44.2 Å². The number of likely N-dealkylation sites (tertiary alicyclic amines) is 1. The van der Waals surface area contributed by atoms with E-state index < -0.39 is 0 Å². The van der Waals surface area contributed by atoms with Crippen LogP contribution in [0, 0.1) is 0 Å². The molecule has 1 saturated heterocycles. The standard InChI is InChI=1S/C19H28N6O/c1-15(2)19-21-22-23-25(19)14-18(26)20-17-9-12-24(13-10-17)11-8-16-6-4-3-5-7-16/h3-7,15,17H,8-14H2,1-2H3,(H,20,26). The van der Waals surface area contributed by atoms with Crippen LogP contribution >= 0.6 is 0 Å². The van der Waals surface area contributed by atoms with Gasteiger partial charge in [-0.3, -0.25) is 4.79 Å². The Bertz CT molecular complexity index is 691. The summed E-state index contributed by atoms with van der Waals surface area (Å²) >= 11 is 0. The van der Waals surface area contributed by atoms with Gasteiger partial charge in [0, 0.05) is 31.6 Å². The molecule has 1 fully saturated rings. The fourth-order valence-corrected chi connectivity index (χ4v) is 3.38. The summed E-state index contributed by atoms with van der Waals surface area (Å²) in [5.74, 6) is 0.934. The monoisotopic (exact) mass is 356 g/mol. The van der Waals surface area contributed by atoms with Crippen molar-refractivity contribution in [1.82, 2.24) is 30.4 Å². The highest BCUT2D eigenvalue weighted by Gasteiger charge is 2.21. The lowest BCUT2D eigenvalue weighted by atomic mass is 10.0. The Morgan fingerprint density at radius 2 is 1.96 bits per heavy atom. The van der Waals surface area contributed by atoms with Crippen LogP contribution in [0.2, 0.25) is 0 Å². The number of benzene rings is 1. The molecular weight excluding hydrogens is 328 g/mol. The Morgan fingerprint density at radius 1 is 1.23 bits per heavy atom. The Labute approximate surface area is 154 Å². The summed E-state index contributed by atoms with van der Waals surface area (Å²) in [6, 6.07) is 10.8. The van der Waals surface area contributed by atoms with E-state index in [0.717, 1.165) is 44.7 Å². The normalized spacial score (nSPS) is 16.1. The van der Waals surface area contributed by atoms with Gasteiger partial charge in [0.1, 0.15) is 6.54 Å². The lowest BCUT2D eigenvalue weighted by Gasteiger charge is -2.32. The SMILES string of the molecule is CC(C)c1nnnn1CC(=O)NC1CCN(CCc2ccccc2)CC1. The van der Waals surface area contributed by atoms with Crippen molar-refractivity contribution in [3.05, 3.63) is 41.7 Å². The zero-order valence-electron chi connectivity index (χ0n) is 15.6. The van der Waals surface area contributed by atoms with E-state index in [0.29, 0.717) is 0 Å². The molecule has 0 atom stereocenters. The van der Waals surface area contributed by atoms with E-state index in [1.165, 1.54) is 5.56 Å². The van der Waals surface area contributed by atoms with Crippen LogP contribution < -0.4 is 5.32 Å². The molecule has 0 radical (unpaired) electrons. The average molecular weight is 356 g/mol. The predicted octanol–water partition coefficient (Wildman–Crippen LogP) is 1.62. The van der Waals surface area contributed by atoms with Gasteiger partial charge in [0.2, 0.25) is 5.91 Å². The van der Waals surface area contributed by atoms with E-state index in [1.54, 1.807) is 4.68 Å². The summed E-state index contributed by atoms with van der Waals surface area (Å²) in [4.78, 5) is 14.8. The van der Waals surface area contributed by atoms with E-state index in [1.807, 2.05) is 13.8 Å². The van der Waals surface area contributed by atoms with Gasteiger partial charge in [-0.25, -0.2) is 4.68 Å². The van der Waals surface area contributed by atoms with Crippen LogP contribution in [0.15, 0.2) is 30.3 Å². The summed E-state index contributed by atoms with van der Waals surface area (Å²) < 4.78 is 1.59. The van der Waals surface area contributed by atoms with Crippen LogP contribution in [-0.2, 0) is 17.8 Å². The minimum absolute atomic E-state index is 0.0121. The zero-order valence-corrected chi connectivity index (χ0v) is 15.6. The molecule has 7 heteroatoms. The molecule has 0 spiro atoms. The highest BCUT2D eigenvalue weighted by atomic mass is 16.2. The predicted molar refractivity (Wildman–Crippen MR) is 99.7 cm³/mol. The molecule has 1 aromatic heterocycles. The van der Waals surface area contributed by atoms with Gasteiger partial charge in [-0.05, 0) is 35.3 Å². The van der Waals surface area contributed by atoms with Gasteiger partial charge in [-0.15, -0.1) is 5.10 Å². The quantitative estimate of drug-likeness (QED) is 0.816. The van der Waals surface area contributed by atoms with Crippen molar-refractivity contribution in [1.29, 1.82) is 0 Å². The fraction of sp³-hybridized carbons (Fsp3) is 0.579. The first-order chi connectivity index (χ1) is 12.6. The van der Waals surface area contributed by atoms with Crippen molar-refractivity contribution in [2.75, 3.05) is 19.6 Å². The molecule has 2 aromatic rings. The molecule has 0 unspecified atom stereocenters. The molecule has 0 saturated carbocycles. The molecule has 140 valence electrons. The fourth-order valence-electron chi connectivity index (χ4n) is 3.38. The lowest BCUT2D eigenvalue weighted by molar-refractivity contribution is -0.122. The van der Waals surface area contributed by atoms with Crippen LogP contribution in [0.1, 0.15) is 44.0 Å². The second-order valence-electron chi connectivity index (χ2n) is 7.27. The second kappa shape index (κ2) is 8.89. The van der Waals surface area contributed by atoms with Crippen molar-refractivity contribution in [2.45, 2.75) is 51.6 Å². The maximum Gasteiger partial charge on any atom is 0.242 e. The Hall–Kier alpha value is -2.28. The smallest absolute Gasteiger partial charge is 0.242 e. The van der Waals surface area contributed by atoms with Gasteiger partial charge in [0.15, 0.2) is 5.82 Å². The number of carbonyl (C=O) groups is 1. The van der Waals surface area contributed by atoms with Crippen LogP contribution in [0.5, 0.6) is 0 Å². The van der Waals surface area contributed by atoms with Gasteiger partial charge in [0.25, 0.3) is 0 Å². The number of hydrogen-bond acceptors (Lipinski definition) is 5. The highest BCUT2D eigenvalue weighted by molar-refractivity contribution is 5.76. The molecule has 26 heavy (non-hydrogen) atoms. The van der Waals surface area contributed by atoms with Gasteiger partial charge < -0.3 is 10.2 Å². The van der Waals surface area contributed by atoms with Crippen LogP contribution in [0.25, 0.3) is 0 Å². The number of nitrogens with one attached hydrogen (secondary N) is 1. The third-order valence-electron chi connectivity index (χ3n) is 4.88. The summed E-state index contributed by atoms with van der Waals surface area (Å²) in [6.45, 7) is 7.36. The third kappa shape index (κ3) is 5.11. The first-order valence-corrected chi connectivity index (χ1v) is 9.43. The summed E-state index contributed by atoms with van der Waals surface area (Å²) in [7, 11) is 0. The molecule has 1 aliphatic heterocycles. The minimum Gasteiger partial charge on any atom is -0.352 e. The molecule has 0 bridgehead atoms. The number of rotatable bonds is 7. The van der Waals surface area contributed by atoms with E-state index in [9.17, 15) is 4.79 Å². The number of tetrazole rings is 1. The number of amides is 1. The topological polar surface area (TPSA) is 75.9 Å². The number of aromatic nitrogens is 4. The minimum atomic E-state index is -0.0121. The molecule has 0 aliphatic carbocycles. The Morgan fingerprint density at radius 3 is 2.65 bits per heavy atom. The molecule has 1 amide bonds. The summed E-state index contributed by atoms with van der Waals surface area (Å²) in [5, 5.41) is 14.7.